The Hall–Kier alpha value is -2.94. The van der Waals surface area contributed by atoms with E-state index < -0.39 is 0 Å². The SMILES string of the molecule is CCn1cc(-c2ccnc3c(C(=O)N4CCN(Cc5ccc(Cl)cc5Cl)CC4)cnn23)c(C)n1. The van der Waals surface area contributed by atoms with Crippen molar-refractivity contribution in [2.45, 2.75) is 26.9 Å². The summed E-state index contributed by atoms with van der Waals surface area (Å²) in [6, 6.07) is 7.47. The summed E-state index contributed by atoms with van der Waals surface area (Å²) >= 11 is 12.3. The zero-order valence-electron chi connectivity index (χ0n) is 19.1. The summed E-state index contributed by atoms with van der Waals surface area (Å²) < 4.78 is 3.62. The van der Waals surface area contributed by atoms with Crippen LogP contribution in [0.25, 0.3) is 16.9 Å². The Bertz CT molecular complexity index is 1350. The van der Waals surface area contributed by atoms with Crippen molar-refractivity contribution in [3.63, 3.8) is 0 Å². The third-order valence-electron chi connectivity index (χ3n) is 6.25. The van der Waals surface area contributed by atoms with E-state index in [-0.39, 0.29) is 5.91 Å². The van der Waals surface area contributed by atoms with Crippen molar-refractivity contribution in [1.29, 1.82) is 0 Å². The van der Waals surface area contributed by atoms with E-state index in [0.29, 0.717) is 34.3 Å². The van der Waals surface area contributed by atoms with Gasteiger partial charge in [-0.1, -0.05) is 29.3 Å². The molecule has 34 heavy (non-hydrogen) atoms. The molecule has 5 rings (SSSR count). The zero-order valence-corrected chi connectivity index (χ0v) is 20.6. The van der Waals surface area contributed by atoms with Crippen LogP contribution >= 0.6 is 23.2 Å². The van der Waals surface area contributed by atoms with Gasteiger partial charge in [-0.3, -0.25) is 14.4 Å². The number of hydrogen-bond acceptors (Lipinski definition) is 5. The standard InChI is InChI=1S/C24H25Cl2N7O/c1-3-32-15-20(16(2)29-32)22-6-7-27-23-19(13-28-33(22)23)24(34)31-10-8-30(9-11-31)14-17-4-5-18(25)12-21(17)26/h4-7,12-13,15H,3,8-11,14H2,1-2H3. The second-order valence-corrected chi connectivity index (χ2v) is 9.26. The maximum atomic E-state index is 13.4. The maximum Gasteiger partial charge on any atom is 0.259 e. The Morgan fingerprint density at radius 2 is 1.91 bits per heavy atom. The number of benzene rings is 1. The number of aryl methyl sites for hydroxylation is 2. The largest absolute Gasteiger partial charge is 0.336 e. The lowest BCUT2D eigenvalue weighted by atomic mass is 10.1. The Morgan fingerprint density at radius 1 is 1.12 bits per heavy atom. The van der Waals surface area contributed by atoms with Gasteiger partial charge in [-0.2, -0.15) is 10.2 Å². The second kappa shape index (κ2) is 9.37. The van der Waals surface area contributed by atoms with Crippen LogP contribution in [-0.4, -0.2) is 66.3 Å². The van der Waals surface area contributed by atoms with E-state index in [1.807, 2.05) is 47.8 Å². The molecular formula is C24H25Cl2N7O. The molecule has 1 aromatic carbocycles. The number of halogens is 2. The summed E-state index contributed by atoms with van der Waals surface area (Å²) in [6.45, 7) is 8.31. The number of piperazine rings is 1. The van der Waals surface area contributed by atoms with Crippen LogP contribution in [0.2, 0.25) is 10.0 Å². The van der Waals surface area contributed by atoms with Crippen LogP contribution in [0, 0.1) is 6.92 Å². The van der Waals surface area contributed by atoms with E-state index in [2.05, 4.69) is 20.1 Å². The molecule has 3 aromatic heterocycles. The van der Waals surface area contributed by atoms with Crippen LogP contribution in [0.4, 0.5) is 0 Å². The summed E-state index contributed by atoms with van der Waals surface area (Å²) in [5.74, 6) is -0.0511. The third-order valence-corrected chi connectivity index (χ3v) is 6.83. The summed E-state index contributed by atoms with van der Waals surface area (Å²) in [7, 11) is 0. The Kier molecular flexibility index (Phi) is 6.29. The third kappa shape index (κ3) is 4.29. The van der Waals surface area contributed by atoms with Crippen molar-refractivity contribution in [2.24, 2.45) is 0 Å². The van der Waals surface area contributed by atoms with Gasteiger partial charge in [0.25, 0.3) is 5.91 Å². The quantitative estimate of drug-likeness (QED) is 0.413. The Labute approximate surface area is 207 Å². The van der Waals surface area contributed by atoms with Crippen LogP contribution in [0.3, 0.4) is 0 Å². The van der Waals surface area contributed by atoms with Crippen molar-refractivity contribution in [3.05, 3.63) is 69.7 Å². The molecule has 0 unspecified atom stereocenters. The lowest BCUT2D eigenvalue weighted by Crippen LogP contribution is -2.48. The first-order valence-electron chi connectivity index (χ1n) is 11.3. The van der Waals surface area contributed by atoms with Gasteiger partial charge in [0.2, 0.25) is 0 Å². The van der Waals surface area contributed by atoms with Crippen LogP contribution in [-0.2, 0) is 13.1 Å². The number of aromatic nitrogens is 5. The molecule has 0 bridgehead atoms. The summed E-state index contributed by atoms with van der Waals surface area (Å²) in [5.41, 5.74) is 4.86. The van der Waals surface area contributed by atoms with Gasteiger partial charge in [0.1, 0.15) is 5.56 Å². The number of carbonyl (C=O) groups excluding carboxylic acids is 1. The lowest BCUT2D eigenvalue weighted by molar-refractivity contribution is 0.0630. The molecule has 4 aromatic rings. The van der Waals surface area contributed by atoms with Crippen LogP contribution in [0.5, 0.6) is 0 Å². The highest BCUT2D eigenvalue weighted by Gasteiger charge is 2.26. The maximum absolute atomic E-state index is 13.4. The minimum Gasteiger partial charge on any atom is -0.336 e. The van der Waals surface area contributed by atoms with Crippen molar-refractivity contribution in [3.8, 4) is 11.3 Å². The minimum atomic E-state index is -0.0511. The highest BCUT2D eigenvalue weighted by atomic mass is 35.5. The molecule has 1 saturated heterocycles. The molecule has 1 fully saturated rings. The van der Waals surface area contributed by atoms with Crippen LogP contribution in [0.1, 0.15) is 28.5 Å². The highest BCUT2D eigenvalue weighted by Crippen LogP contribution is 2.25. The van der Waals surface area contributed by atoms with Gasteiger partial charge in [0, 0.05) is 67.3 Å². The second-order valence-electron chi connectivity index (χ2n) is 8.41. The molecule has 0 N–H and O–H groups in total. The van der Waals surface area contributed by atoms with E-state index in [9.17, 15) is 4.79 Å². The number of hydrogen-bond donors (Lipinski definition) is 0. The molecule has 1 aliphatic heterocycles. The number of fused-ring (bicyclic) bond motifs is 1. The number of amides is 1. The van der Waals surface area contributed by atoms with Gasteiger partial charge in [-0.15, -0.1) is 0 Å². The van der Waals surface area contributed by atoms with Crippen LogP contribution < -0.4 is 0 Å². The number of carbonyl (C=O) groups is 1. The van der Waals surface area contributed by atoms with Gasteiger partial charge < -0.3 is 4.90 Å². The van der Waals surface area contributed by atoms with E-state index >= 15 is 0 Å². The van der Waals surface area contributed by atoms with E-state index in [1.165, 1.54) is 0 Å². The molecule has 1 aliphatic rings. The molecule has 176 valence electrons. The smallest absolute Gasteiger partial charge is 0.259 e. The van der Waals surface area contributed by atoms with Gasteiger partial charge in [0.15, 0.2) is 5.65 Å². The highest BCUT2D eigenvalue weighted by molar-refractivity contribution is 6.35. The molecule has 0 aliphatic carbocycles. The Morgan fingerprint density at radius 3 is 2.62 bits per heavy atom. The van der Waals surface area contributed by atoms with Gasteiger partial charge in [-0.05, 0) is 37.6 Å². The molecule has 4 heterocycles. The summed E-state index contributed by atoms with van der Waals surface area (Å²) in [5, 5.41) is 10.3. The van der Waals surface area contributed by atoms with Crippen molar-refractivity contribution in [1.82, 2.24) is 34.2 Å². The van der Waals surface area contributed by atoms with Gasteiger partial charge in [-0.25, -0.2) is 9.50 Å². The molecule has 0 atom stereocenters. The fourth-order valence-electron chi connectivity index (χ4n) is 4.35. The molecule has 10 heteroatoms. The van der Waals surface area contributed by atoms with E-state index in [0.717, 1.165) is 48.7 Å². The topological polar surface area (TPSA) is 71.6 Å². The fraction of sp³-hybridized carbons (Fsp3) is 0.333. The molecule has 0 radical (unpaired) electrons. The molecule has 1 amide bonds. The monoisotopic (exact) mass is 497 g/mol. The molecule has 8 nitrogen and oxygen atoms in total. The Balaban J connectivity index is 1.32. The average molecular weight is 498 g/mol. The predicted molar refractivity (Wildman–Crippen MR) is 132 cm³/mol. The van der Waals surface area contributed by atoms with E-state index in [4.69, 9.17) is 23.2 Å². The first-order valence-corrected chi connectivity index (χ1v) is 12.0. The predicted octanol–water partition coefficient (Wildman–Crippen LogP) is 4.19. The van der Waals surface area contributed by atoms with Crippen LogP contribution in [0.15, 0.2) is 42.9 Å². The number of nitrogens with zero attached hydrogens (tertiary/aromatic N) is 7. The van der Waals surface area contributed by atoms with Gasteiger partial charge >= 0.3 is 0 Å². The molecule has 0 spiro atoms. The lowest BCUT2D eigenvalue weighted by Gasteiger charge is -2.34. The first-order chi connectivity index (χ1) is 16.4. The fourth-order valence-corrected chi connectivity index (χ4v) is 4.82. The summed E-state index contributed by atoms with van der Waals surface area (Å²) in [6.07, 6.45) is 5.34. The first kappa shape index (κ1) is 22.8. The van der Waals surface area contributed by atoms with Crippen molar-refractivity contribution < 1.29 is 4.79 Å². The normalized spacial score (nSPS) is 14.8. The van der Waals surface area contributed by atoms with Gasteiger partial charge in [0.05, 0.1) is 17.6 Å². The molecular weight excluding hydrogens is 473 g/mol. The zero-order chi connectivity index (χ0) is 23.8. The van der Waals surface area contributed by atoms with Crippen molar-refractivity contribution >= 4 is 34.8 Å². The number of rotatable bonds is 5. The summed E-state index contributed by atoms with van der Waals surface area (Å²) in [4.78, 5) is 22.0. The molecule has 0 saturated carbocycles. The minimum absolute atomic E-state index is 0.0511. The average Bonchev–Trinajstić information content (AvgIpc) is 3.44. The van der Waals surface area contributed by atoms with E-state index in [1.54, 1.807) is 23.0 Å². The van der Waals surface area contributed by atoms with Crippen molar-refractivity contribution in [2.75, 3.05) is 26.2 Å².